The van der Waals surface area contributed by atoms with E-state index in [2.05, 4.69) is 28.4 Å². The van der Waals surface area contributed by atoms with Crippen molar-refractivity contribution >= 4 is 45.0 Å². The van der Waals surface area contributed by atoms with Crippen LogP contribution in [-0.2, 0) is 4.74 Å². The molecule has 6 rings (SSSR count). The molecule has 2 atom stereocenters. The minimum atomic E-state index is -0.620. The summed E-state index contributed by atoms with van der Waals surface area (Å²) in [5.74, 6) is 6.20. The summed E-state index contributed by atoms with van der Waals surface area (Å²) in [4.78, 5) is 14.3. The second-order valence-corrected chi connectivity index (χ2v) is 10.5. The van der Waals surface area contributed by atoms with E-state index in [1.165, 1.54) is 22.4 Å². The van der Waals surface area contributed by atoms with Crippen LogP contribution in [0.15, 0.2) is 52.0 Å². The second-order valence-electron chi connectivity index (χ2n) is 8.00. The smallest absolute Gasteiger partial charge is 0.412 e. The molecule has 0 saturated heterocycles. The number of aliphatic hydroxyl groups excluding tert-OH is 1. The fourth-order valence-corrected chi connectivity index (χ4v) is 6.94. The van der Waals surface area contributed by atoms with Crippen LogP contribution in [0.4, 0.5) is 10.5 Å². The van der Waals surface area contributed by atoms with Crippen molar-refractivity contribution < 1.29 is 23.3 Å². The van der Waals surface area contributed by atoms with Crippen LogP contribution in [0, 0.1) is 17.3 Å². The average Bonchev–Trinajstić information content (AvgIpc) is 3.40. The van der Waals surface area contributed by atoms with Gasteiger partial charge in [0.15, 0.2) is 5.06 Å². The Balaban J connectivity index is 1.16. The van der Waals surface area contributed by atoms with E-state index in [-0.39, 0.29) is 11.2 Å². The summed E-state index contributed by atoms with van der Waals surface area (Å²) >= 11 is 1.41. The molecule has 0 radical (unpaired) electrons. The number of nitrogens with one attached hydrogen (secondary N) is 1. The lowest BCUT2D eigenvalue weighted by Crippen LogP contribution is -2.30. The third-order valence-electron chi connectivity index (χ3n) is 5.84. The maximum Gasteiger partial charge on any atom is 0.412 e. The number of aromatic nitrogens is 1. The molecule has 3 aliphatic rings. The number of rotatable bonds is 3. The van der Waals surface area contributed by atoms with Gasteiger partial charge in [-0.25, -0.2) is 4.79 Å². The number of amides is 1. The summed E-state index contributed by atoms with van der Waals surface area (Å²) in [6.07, 6.45) is 4.48. The van der Waals surface area contributed by atoms with Gasteiger partial charge < -0.3 is 18.5 Å². The van der Waals surface area contributed by atoms with Crippen molar-refractivity contribution in [1.29, 1.82) is 0 Å². The second kappa shape index (κ2) is 7.63. The Labute approximate surface area is 196 Å². The first-order valence-electron chi connectivity index (χ1n) is 10.4. The largest absolute Gasteiger partial charge is 0.441 e. The molecule has 2 unspecified atom stereocenters. The number of fused-ring (bicyclic) bond motifs is 3. The Morgan fingerprint density at radius 3 is 2.94 bits per heavy atom. The molecule has 1 amide bonds. The molecule has 166 valence electrons. The lowest BCUT2D eigenvalue weighted by molar-refractivity contribution is 0.121. The minimum Gasteiger partial charge on any atom is -0.441 e. The minimum absolute atomic E-state index is 0.110. The number of anilines is 1. The number of hydrogen-bond acceptors (Lipinski definition) is 6. The summed E-state index contributed by atoms with van der Waals surface area (Å²) in [6, 6.07) is 11.4. The van der Waals surface area contributed by atoms with Gasteiger partial charge in [-0.1, -0.05) is 46.8 Å². The zero-order valence-electron chi connectivity index (χ0n) is 17.5. The molecule has 1 aromatic carbocycles. The first-order chi connectivity index (χ1) is 16.0. The predicted octanol–water partition coefficient (Wildman–Crippen LogP) is 5.84. The van der Waals surface area contributed by atoms with Crippen molar-refractivity contribution in [3.8, 4) is 16.9 Å². The summed E-state index contributed by atoms with van der Waals surface area (Å²) < 4.78 is 16.6. The van der Waals surface area contributed by atoms with Crippen LogP contribution in [0.1, 0.15) is 47.6 Å². The van der Waals surface area contributed by atoms with Gasteiger partial charge in [0.25, 0.3) is 0 Å². The number of hydrogen-bond donors (Lipinski definition) is 2. The van der Waals surface area contributed by atoms with Gasteiger partial charge in [-0.05, 0) is 49.3 Å². The summed E-state index contributed by atoms with van der Waals surface area (Å²) in [5, 5.41) is 17.9. The summed E-state index contributed by atoms with van der Waals surface area (Å²) in [6.45, 7) is 1.80. The molecule has 0 bridgehead atoms. The summed E-state index contributed by atoms with van der Waals surface area (Å²) in [7, 11) is -0.611. The van der Waals surface area contributed by atoms with Crippen LogP contribution in [0.3, 0.4) is 0 Å². The normalized spacial score (nSPS) is 19.6. The zero-order chi connectivity index (χ0) is 22.6. The molecule has 2 aliphatic heterocycles. The van der Waals surface area contributed by atoms with E-state index in [9.17, 15) is 9.90 Å². The van der Waals surface area contributed by atoms with Crippen molar-refractivity contribution in [2.24, 2.45) is 5.41 Å². The number of thiophene rings is 1. The average molecular weight is 479 g/mol. The molecule has 3 aromatic rings. The molecule has 7 nitrogen and oxygen atoms in total. The van der Waals surface area contributed by atoms with Crippen LogP contribution in [0.2, 0.25) is 0 Å². The third kappa shape index (κ3) is 3.47. The van der Waals surface area contributed by atoms with Gasteiger partial charge in [0.2, 0.25) is 5.76 Å². The monoisotopic (exact) mass is 478 g/mol. The topological polar surface area (TPSA) is 93.8 Å². The molecule has 4 heterocycles. The maximum absolute atomic E-state index is 12.3. The van der Waals surface area contributed by atoms with Gasteiger partial charge in [0.1, 0.15) is 16.8 Å². The highest BCUT2D eigenvalue weighted by Crippen LogP contribution is 2.69. The fourth-order valence-electron chi connectivity index (χ4n) is 3.84. The Hall–Kier alpha value is -3.32. The maximum atomic E-state index is 12.3. The molecule has 2 N–H and O–H groups in total. The van der Waals surface area contributed by atoms with Gasteiger partial charge in [0, 0.05) is 10.5 Å². The van der Waals surface area contributed by atoms with E-state index >= 15 is 0 Å². The summed E-state index contributed by atoms with van der Waals surface area (Å²) in [5.41, 5.74) is 2.10. The van der Waals surface area contributed by atoms with Crippen molar-refractivity contribution in [3.05, 3.63) is 69.3 Å². The van der Waals surface area contributed by atoms with E-state index < -0.39 is 23.0 Å². The number of carbonyl (C=O) groups excluding carboxylic acids is 1. The number of carbonyl (C=O) groups is 1. The molecule has 33 heavy (non-hydrogen) atoms. The van der Waals surface area contributed by atoms with Crippen molar-refractivity contribution in [1.82, 2.24) is 5.16 Å². The van der Waals surface area contributed by atoms with Crippen molar-refractivity contribution in [2.75, 3.05) is 5.32 Å². The van der Waals surface area contributed by atoms with Gasteiger partial charge in [-0.15, -0.1) is 0 Å². The van der Waals surface area contributed by atoms with Gasteiger partial charge in [-0.2, -0.15) is 0 Å². The van der Waals surface area contributed by atoms with Gasteiger partial charge in [0.05, 0.1) is 27.3 Å². The number of benzene rings is 1. The standard InChI is InChI=1S/C24H18N2O5S2/c1-14(15-5-3-2-4-6-15)29-23(28)26-18-13-25-30-19(18)8-7-17-11-16-12-20-24(9-10-24)22(27)33(20)31-21(16)32-17/h2-6,11-14,27H,9-10H2,1H3,(H,26,28). The molecule has 1 saturated carbocycles. The first-order valence-corrected chi connectivity index (χ1v) is 12.3. The Bertz CT molecular complexity index is 1400. The number of aliphatic hydroxyl groups is 1. The number of nitrogens with zero attached hydrogens (tertiary/aromatic N) is 1. The lowest BCUT2D eigenvalue weighted by atomic mass is 10.1. The molecular formula is C24H18N2O5S2. The quantitative estimate of drug-likeness (QED) is 0.363. The van der Waals surface area contributed by atoms with E-state index in [1.807, 2.05) is 36.4 Å². The molecule has 1 fully saturated rings. The lowest BCUT2D eigenvalue weighted by Gasteiger charge is -2.35. The molecule has 1 aliphatic carbocycles. The molecular weight excluding hydrogens is 460 g/mol. The first kappa shape index (κ1) is 20.3. The van der Waals surface area contributed by atoms with E-state index in [1.54, 1.807) is 6.92 Å². The molecule has 1 spiro atoms. The van der Waals surface area contributed by atoms with Gasteiger partial charge in [-0.3, -0.25) is 5.32 Å². The Morgan fingerprint density at radius 1 is 1.33 bits per heavy atom. The molecule has 9 heteroatoms. The van der Waals surface area contributed by atoms with Crippen molar-refractivity contribution in [3.63, 3.8) is 0 Å². The highest BCUT2D eigenvalue weighted by atomic mass is 32.2. The highest BCUT2D eigenvalue weighted by Gasteiger charge is 2.60. The van der Waals surface area contributed by atoms with Crippen LogP contribution in [0.5, 0.6) is 5.06 Å². The van der Waals surface area contributed by atoms with E-state index in [0.29, 0.717) is 10.7 Å². The van der Waals surface area contributed by atoms with Gasteiger partial charge >= 0.3 is 6.09 Å². The van der Waals surface area contributed by atoms with E-state index in [4.69, 9.17) is 13.4 Å². The molecule has 2 aromatic heterocycles. The number of ether oxygens (including phenoxy) is 1. The van der Waals surface area contributed by atoms with Crippen LogP contribution in [0.25, 0.3) is 6.08 Å². The zero-order valence-corrected chi connectivity index (χ0v) is 19.1. The highest BCUT2D eigenvalue weighted by molar-refractivity contribution is 8.17. The SMILES string of the molecule is CC(OC(=O)Nc1cnoc1C#Cc1cc2c(s1)OS1=C(O)C3(CC3)C1=C2)c1ccccc1. The van der Waals surface area contributed by atoms with Crippen molar-refractivity contribution in [2.45, 2.75) is 25.9 Å². The van der Waals surface area contributed by atoms with E-state index in [0.717, 1.165) is 33.9 Å². The Morgan fingerprint density at radius 2 is 2.15 bits per heavy atom. The third-order valence-corrected chi connectivity index (χ3v) is 8.87. The predicted molar refractivity (Wildman–Crippen MR) is 127 cm³/mol. The fraction of sp³-hybridized carbons (Fsp3) is 0.208. The Kier molecular flexibility index (Phi) is 4.69. The van der Waals surface area contributed by atoms with Crippen LogP contribution < -0.4 is 9.50 Å². The van der Waals surface area contributed by atoms with Crippen LogP contribution in [-0.4, -0.2) is 21.4 Å². The van der Waals surface area contributed by atoms with Crippen LogP contribution >= 0.6 is 22.1 Å².